The lowest BCUT2D eigenvalue weighted by atomic mass is 10.4. The van der Waals surface area contributed by atoms with E-state index in [-0.39, 0.29) is 12.2 Å². The Bertz CT molecular complexity index is 144. The molecule has 1 aliphatic heterocycles. The SMILES string of the molecule is CC(=O)OC1CCN=N1. The van der Waals surface area contributed by atoms with Crippen molar-refractivity contribution in [3.8, 4) is 0 Å². The molecule has 0 fully saturated rings. The molecule has 1 unspecified atom stereocenters. The van der Waals surface area contributed by atoms with Gasteiger partial charge in [0.05, 0.1) is 6.54 Å². The van der Waals surface area contributed by atoms with E-state index in [1.54, 1.807) is 0 Å². The van der Waals surface area contributed by atoms with E-state index in [1.807, 2.05) is 0 Å². The van der Waals surface area contributed by atoms with Crippen molar-refractivity contribution in [2.75, 3.05) is 6.54 Å². The summed E-state index contributed by atoms with van der Waals surface area (Å²) in [5.74, 6) is -0.291. The van der Waals surface area contributed by atoms with Crippen LogP contribution in [0.15, 0.2) is 10.2 Å². The molecule has 1 heterocycles. The van der Waals surface area contributed by atoms with E-state index in [2.05, 4.69) is 10.2 Å². The van der Waals surface area contributed by atoms with Gasteiger partial charge in [0.1, 0.15) is 0 Å². The van der Waals surface area contributed by atoms with E-state index in [9.17, 15) is 4.79 Å². The van der Waals surface area contributed by atoms with Gasteiger partial charge in [-0.1, -0.05) is 0 Å². The molecule has 0 aromatic rings. The van der Waals surface area contributed by atoms with Gasteiger partial charge in [-0.3, -0.25) is 4.79 Å². The molecule has 0 spiro atoms. The second-order valence-corrected chi connectivity index (χ2v) is 1.83. The summed E-state index contributed by atoms with van der Waals surface area (Å²) in [7, 11) is 0. The first-order chi connectivity index (χ1) is 4.29. The van der Waals surface area contributed by atoms with Crippen LogP contribution < -0.4 is 0 Å². The van der Waals surface area contributed by atoms with E-state index in [0.717, 1.165) is 6.42 Å². The molecular weight excluding hydrogens is 120 g/mol. The van der Waals surface area contributed by atoms with Gasteiger partial charge in [-0.2, -0.15) is 5.11 Å². The van der Waals surface area contributed by atoms with Gasteiger partial charge in [0.25, 0.3) is 0 Å². The van der Waals surface area contributed by atoms with Gasteiger partial charge in [-0.25, -0.2) is 0 Å². The van der Waals surface area contributed by atoms with E-state index >= 15 is 0 Å². The monoisotopic (exact) mass is 128 g/mol. The quantitative estimate of drug-likeness (QED) is 0.489. The fourth-order valence-corrected chi connectivity index (χ4v) is 0.649. The molecule has 1 atom stereocenters. The summed E-state index contributed by atoms with van der Waals surface area (Å²) >= 11 is 0. The van der Waals surface area contributed by atoms with Gasteiger partial charge < -0.3 is 4.74 Å². The minimum Gasteiger partial charge on any atom is -0.438 e. The van der Waals surface area contributed by atoms with Crippen LogP contribution in [0.2, 0.25) is 0 Å². The zero-order chi connectivity index (χ0) is 6.69. The van der Waals surface area contributed by atoms with E-state index in [4.69, 9.17) is 4.74 Å². The highest BCUT2D eigenvalue weighted by atomic mass is 16.6. The molecule has 9 heavy (non-hydrogen) atoms. The number of azo groups is 1. The van der Waals surface area contributed by atoms with Crippen molar-refractivity contribution in [2.24, 2.45) is 10.2 Å². The molecule has 0 saturated carbocycles. The molecule has 50 valence electrons. The van der Waals surface area contributed by atoms with Gasteiger partial charge in [0.2, 0.25) is 6.23 Å². The number of carbonyl (C=O) groups is 1. The van der Waals surface area contributed by atoms with E-state index in [1.165, 1.54) is 6.92 Å². The zero-order valence-electron chi connectivity index (χ0n) is 5.20. The lowest BCUT2D eigenvalue weighted by Crippen LogP contribution is -2.10. The smallest absolute Gasteiger partial charge is 0.304 e. The number of hydrogen-bond donors (Lipinski definition) is 0. The minimum absolute atomic E-state index is 0.291. The fourth-order valence-electron chi connectivity index (χ4n) is 0.649. The van der Waals surface area contributed by atoms with Crippen LogP contribution in [0, 0.1) is 0 Å². The third kappa shape index (κ3) is 1.79. The number of hydrogen-bond acceptors (Lipinski definition) is 4. The zero-order valence-corrected chi connectivity index (χ0v) is 5.20. The topological polar surface area (TPSA) is 51.0 Å². The second-order valence-electron chi connectivity index (χ2n) is 1.83. The number of esters is 1. The van der Waals surface area contributed by atoms with Crippen LogP contribution >= 0.6 is 0 Å². The molecule has 4 nitrogen and oxygen atoms in total. The molecule has 0 bridgehead atoms. The van der Waals surface area contributed by atoms with Gasteiger partial charge >= 0.3 is 5.97 Å². The second kappa shape index (κ2) is 2.57. The van der Waals surface area contributed by atoms with Gasteiger partial charge in [0, 0.05) is 13.3 Å². The van der Waals surface area contributed by atoms with Crippen molar-refractivity contribution in [2.45, 2.75) is 19.6 Å². The van der Waals surface area contributed by atoms with Gasteiger partial charge in [0.15, 0.2) is 0 Å². The highest BCUT2D eigenvalue weighted by Crippen LogP contribution is 2.08. The summed E-state index contributed by atoms with van der Waals surface area (Å²) in [6.07, 6.45) is 0.432. The lowest BCUT2D eigenvalue weighted by molar-refractivity contribution is -0.145. The van der Waals surface area contributed by atoms with Gasteiger partial charge in [-0.15, -0.1) is 5.11 Å². The molecule has 4 heteroatoms. The summed E-state index contributed by atoms with van der Waals surface area (Å²) in [5, 5.41) is 7.32. The van der Waals surface area contributed by atoms with E-state index < -0.39 is 0 Å². The molecule has 0 N–H and O–H groups in total. The van der Waals surface area contributed by atoms with Crippen LogP contribution in [-0.4, -0.2) is 18.7 Å². The average Bonchev–Trinajstić information content (AvgIpc) is 2.15. The standard InChI is InChI=1S/C5H8N2O2/c1-4(8)9-5-2-3-6-7-5/h5H,2-3H2,1H3. The van der Waals surface area contributed by atoms with Crippen molar-refractivity contribution < 1.29 is 9.53 Å². The highest BCUT2D eigenvalue weighted by Gasteiger charge is 2.13. The predicted molar refractivity (Wildman–Crippen MR) is 29.9 cm³/mol. The first-order valence-corrected chi connectivity index (χ1v) is 2.83. The third-order valence-electron chi connectivity index (χ3n) is 0.988. The Kier molecular flexibility index (Phi) is 1.77. The van der Waals surface area contributed by atoms with Gasteiger partial charge in [-0.05, 0) is 0 Å². The minimum atomic E-state index is -0.303. The lowest BCUT2D eigenvalue weighted by Gasteiger charge is -2.02. The van der Waals surface area contributed by atoms with Crippen molar-refractivity contribution in [3.63, 3.8) is 0 Å². The van der Waals surface area contributed by atoms with Crippen LogP contribution in [0.25, 0.3) is 0 Å². The first-order valence-electron chi connectivity index (χ1n) is 2.83. The molecule has 0 aliphatic carbocycles. The Morgan fingerprint density at radius 1 is 1.78 bits per heavy atom. The molecule has 0 saturated heterocycles. The summed E-state index contributed by atoms with van der Waals surface area (Å²) in [6.45, 7) is 2.05. The Balaban J connectivity index is 2.28. The Morgan fingerprint density at radius 2 is 2.56 bits per heavy atom. The van der Waals surface area contributed by atoms with Crippen LogP contribution in [0.5, 0.6) is 0 Å². The average molecular weight is 128 g/mol. The van der Waals surface area contributed by atoms with Crippen molar-refractivity contribution in [1.82, 2.24) is 0 Å². The molecular formula is C5H8N2O2. The van der Waals surface area contributed by atoms with Crippen molar-refractivity contribution >= 4 is 5.97 Å². The predicted octanol–water partition coefficient (Wildman–Crippen LogP) is 0.731. The van der Waals surface area contributed by atoms with Crippen molar-refractivity contribution in [3.05, 3.63) is 0 Å². The van der Waals surface area contributed by atoms with Crippen LogP contribution in [0.3, 0.4) is 0 Å². The summed E-state index contributed by atoms with van der Waals surface area (Å²) in [6, 6.07) is 0. The van der Waals surface area contributed by atoms with Crippen molar-refractivity contribution in [1.29, 1.82) is 0 Å². The summed E-state index contributed by atoms with van der Waals surface area (Å²) in [5.41, 5.74) is 0. The maximum atomic E-state index is 10.3. The number of ether oxygens (including phenoxy) is 1. The Morgan fingerprint density at radius 3 is 3.00 bits per heavy atom. The normalized spacial score (nSPS) is 24.3. The highest BCUT2D eigenvalue weighted by molar-refractivity contribution is 5.66. The maximum absolute atomic E-state index is 10.3. The number of carbonyl (C=O) groups excluding carboxylic acids is 1. The Hall–Kier alpha value is -0.930. The molecule has 1 rings (SSSR count). The first kappa shape index (κ1) is 6.19. The van der Waals surface area contributed by atoms with Crippen LogP contribution in [0.1, 0.15) is 13.3 Å². The molecule has 0 aromatic heterocycles. The number of nitrogens with zero attached hydrogens (tertiary/aromatic N) is 2. The Labute approximate surface area is 52.9 Å². The summed E-state index contributed by atoms with van der Waals surface area (Å²) in [4.78, 5) is 10.3. The number of rotatable bonds is 1. The van der Waals surface area contributed by atoms with E-state index in [0.29, 0.717) is 6.54 Å². The molecule has 0 radical (unpaired) electrons. The largest absolute Gasteiger partial charge is 0.438 e. The van der Waals surface area contributed by atoms with Crippen LogP contribution in [0.4, 0.5) is 0 Å². The molecule has 0 aromatic carbocycles. The third-order valence-corrected chi connectivity index (χ3v) is 0.988. The molecule has 0 amide bonds. The summed E-state index contributed by atoms with van der Waals surface area (Å²) < 4.78 is 4.71. The molecule has 1 aliphatic rings. The fraction of sp³-hybridized carbons (Fsp3) is 0.800. The maximum Gasteiger partial charge on any atom is 0.304 e. The van der Waals surface area contributed by atoms with Crippen LogP contribution in [-0.2, 0) is 9.53 Å².